The minimum absolute atomic E-state index is 0.00177. The maximum absolute atomic E-state index is 12.1. The van der Waals surface area contributed by atoms with Gasteiger partial charge in [-0.15, -0.1) is 0 Å². The highest BCUT2D eigenvalue weighted by molar-refractivity contribution is 6.34. The van der Waals surface area contributed by atoms with Crippen molar-refractivity contribution in [3.05, 3.63) is 28.5 Å². The number of carbonyl (C=O) groups is 2. The van der Waals surface area contributed by atoms with E-state index in [1.165, 1.54) is 7.11 Å². The number of hydrogen-bond donors (Lipinski definition) is 1. The van der Waals surface area contributed by atoms with Crippen LogP contribution >= 0.6 is 11.6 Å². The summed E-state index contributed by atoms with van der Waals surface area (Å²) in [4.78, 5) is 28.2. The van der Waals surface area contributed by atoms with E-state index in [0.29, 0.717) is 28.2 Å². The largest absolute Gasteiger partial charge is 0.463 e. The first-order valence-electron chi connectivity index (χ1n) is 6.98. The Balaban J connectivity index is 2.59. The molecule has 2 rings (SSSR count). The average Bonchev–Trinajstić information content (AvgIpc) is 2.82. The second-order valence-electron chi connectivity index (χ2n) is 5.12. The number of fused-ring (bicyclic) bond motifs is 1. The number of hydrogen-bond acceptors (Lipinski definition) is 4. The fourth-order valence-electron chi connectivity index (χ4n) is 2.23. The van der Waals surface area contributed by atoms with E-state index >= 15 is 0 Å². The van der Waals surface area contributed by atoms with Crippen LogP contribution in [0.25, 0.3) is 11.0 Å². The molecule has 0 atom stereocenters. The van der Waals surface area contributed by atoms with Gasteiger partial charge in [0, 0.05) is 12.6 Å². The number of rotatable bonds is 4. The van der Waals surface area contributed by atoms with Crippen LogP contribution in [0.1, 0.15) is 41.7 Å². The van der Waals surface area contributed by atoms with E-state index in [2.05, 4.69) is 10.3 Å². The third kappa shape index (κ3) is 2.92. The summed E-state index contributed by atoms with van der Waals surface area (Å²) < 4.78 is 6.44. The number of aryl methyl sites for hydroxylation is 1. The zero-order valence-corrected chi connectivity index (χ0v) is 13.7. The first-order chi connectivity index (χ1) is 10.4. The molecule has 22 heavy (non-hydrogen) atoms. The van der Waals surface area contributed by atoms with E-state index in [-0.39, 0.29) is 17.8 Å². The van der Waals surface area contributed by atoms with Crippen LogP contribution in [0, 0.1) is 0 Å². The number of halogens is 1. The Morgan fingerprint density at radius 2 is 2.09 bits per heavy atom. The summed E-state index contributed by atoms with van der Waals surface area (Å²) >= 11 is 6.22. The normalized spacial score (nSPS) is 11.0. The molecule has 0 saturated heterocycles. The van der Waals surface area contributed by atoms with Gasteiger partial charge in [0.25, 0.3) is 5.91 Å². The molecule has 0 spiro atoms. The number of nitrogens with zero attached hydrogens (tertiary/aromatic N) is 2. The van der Waals surface area contributed by atoms with Crippen molar-refractivity contribution in [1.29, 1.82) is 0 Å². The summed E-state index contributed by atoms with van der Waals surface area (Å²) in [6, 6.07) is 3.24. The molecular formula is C15H18ClN3O3. The third-order valence-corrected chi connectivity index (χ3v) is 3.50. The summed E-state index contributed by atoms with van der Waals surface area (Å²) in [5.74, 6) is -0.604. The standard InChI is InChI=1S/C15H18ClN3O3/c1-5-19-12-7-10(16)9(14(20)17-8(2)3)6-11(12)18-13(19)15(21)22-4/h6-8H,5H2,1-4H3,(H,17,20). The predicted molar refractivity (Wildman–Crippen MR) is 84.4 cm³/mol. The van der Waals surface area contributed by atoms with Crippen molar-refractivity contribution >= 4 is 34.5 Å². The smallest absolute Gasteiger partial charge is 0.374 e. The lowest BCUT2D eigenvalue weighted by molar-refractivity contribution is 0.0582. The molecule has 0 aliphatic carbocycles. The van der Waals surface area contributed by atoms with Crippen LogP contribution in [0.5, 0.6) is 0 Å². The van der Waals surface area contributed by atoms with Gasteiger partial charge in [-0.1, -0.05) is 11.6 Å². The molecule has 1 aromatic carbocycles. The minimum Gasteiger partial charge on any atom is -0.463 e. The maximum Gasteiger partial charge on any atom is 0.374 e. The van der Waals surface area contributed by atoms with E-state index in [1.54, 1.807) is 16.7 Å². The minimum atomic E-state index is -0.526. The van der Waals surface area contributed by atoms with E-state index < -0.39 is 5.97 Å². The highest BCUT2D eigenvalue weighted by atomic mass is 35.5. The van der Waals surface area contributed by atoms with Gasteiger partial charge < -0.3 is 14.6 Å². The highest BCUT2D eigenvalue weighted by Gasteiger charge is 2.20. The molecule has 0 fully saturated rings. The molecule has 118 valence electrons. The molecule has 1 aromatic heterocycles. The van der Waals surface area contributed by atoms with Gasteiger partial charge in [0.2, 0.25) is 5.82 Å². The Morgan fingerprint density at radius 1 is 1.41 bits per heavy atom. The number of carbonyl (C=O) groups excluding carboxylic acids is 2. The molecule has 0 saturated carbocycles. The summed E-state index contributed by atoms with van der Waals surface area (Å²) in [5, 5.41) is 3.10. The lowest BCUT2D eigenvalue weighted by Gasteiger charge is -2.10. The molecule has 1 heterocycles. The molecule has 6 nitrogen and oxygen atoms in total. The van der Waals surface area contributed by atoms with Crippen molar-refractivity contribution in [3.8, 4) is 0 Å². The van der Waals surface area contributed by atoms with Crippen molar-refractivity contribution in [3.63, 3.8) is 0 Å². The Bertz CT molecular complexity index is 737. The van der Waals surface area contributed by atoms with E-state index in [1.807, 2.05) is 20.8 Å². The monoisotopic (exact) mass is 323 g/mol. The summed E-state index contributed by atoms with van der Waals surface area (Å²) in [7, 11) is 1.30. The van der Waals surface area contributed by atoms with E-state index in [4.69, 9.17) is 16.3 Å². The Hall–Kier alpha value is -2.08. The SMILES string of the molecule is CCn1c(C(=O)OC)nc2cc(C(=O)NC(C)C)c(Cl)cc21. The summed E-state index contributed by atoms with van der Waals surface area (Å²) in [5.41, 5.74) is 1.55. The zero-order valence-electron chi connectivity index (χ0n) is 12.9. The number of imidazole rings is 1. The number of nitrogens with one attached hydrogen (secondary N) is 1. The number of ether oxygens (including phenoxy) is 1. The molecule has 1 amide bonds. The summed E-state index contributed by atoms with van der Waals surface area (Å²) in [6.07, 6.45) is 0. The van der Waals surface area contributed by atoms with Gasteiger partial charge in [0.05, 0.1) is 28.7 Å². The van der Waals surface area contributed by atoms with Crippen molar-refractivity contribution in [2.24, 2.45) is 0 Å². The Kier molecular flexibility index (Phi) is 4.71. The van der Waals surface area contributed by atoms with Crippen LogP contribution in [-0.2, 0) is 11.3 Å². The first-order valence-corrected chi connectivity index (χ1v) is 7.35. The number of methoxy groups -OCH3 is 1. The molecule has 0 aliphatic heterocycles. The summed E-state index contributed by atoms with van der Waals surface area (Å²) in [6.45, 7) is 6.16. The molecule has 0 aliphatic rings. The lowest BCUT2D eigenvalue weighted by atomic mass is 10.1. The Morgan fingerprint density at radius 3 is 2.64 bits per heavy atom. The fourth-order valence-corrected chi connectivity index (χ4v) is 2.47. The fraction of sp³-hybridized carbons (Fsp3) is 0.400. The number of esters is 1. The van der Waals surface area contributed by atoms with Gasteiger partial charge >= 0.3 is 5.97 Å². The van der Waals surface area contributed by atoms with Crippen molar-refractivity contribution < 1.29 is 14.3 Å². The van der Waals surface area contributed by atoms with Crippen molar-refractivity contribution in [2.45, 2.75) is 33.4 Å². The molecule has 7 heteroatoms. The van der Waals surface area contributed by atoms with Crippen LogP contribution < -0.4 is 5.32 Å². The van der Waals surface area contributed by atoms with Gasteiger partial charge in [-0.2, -0.15) is 0 Å². The quantitative estimate of drug-likeness (QED) is 0.878. The Labute approximate surface area is 133 Å². The molecule has 0 radical (unpaired) electrons. The van der Waals surface area contributed by atoms with Crippen molar-refractivity contribution in [2.75, 3.05) is 7.11 Å². The number of benzene rings is 1. The van der Waals surface area contributed by atoms with Gasteiger partial charge in [-0.25, -0.2) is 9.78 Å². The van der Waals surface area contributed by atoms with Crippen LogP contribution in [0.2, 0.25) is 5.02 Å². The lowest BCUT2D eigenvalue weighted by Crippen LogP contribution is -2.30. The number of aromatic nitrogens is 2. The van der Waals surface area contributed by atoms with E-state index in [9.17, 15) is 9.59 Å². The van der Waals surface area contributed by atoms with Gasteiger partial charge in [0.15, 0.2) is 0 Å². The molecular weight excluding hydrogens is 306 g/mol. The zero-order chi connectivity index (χ0) is 16.4. The average molecular weight is 324 g/mol. The van der Waals surface area contributed by atoms with Crippen LogP contribution in [0.15, 0.2) is 12.1 Å². The number of amides is 1. The second kappa shape index (κ2) is 6.36. The molecule has 0 bridgehead atoms. The van der Waals surface area contributed by atoms with E-state index in [0.717, 1.165) is 0 Å². The predicted octanol–water partition coefficient (Wildman–Crippen LogP) is 2.63. The maximum atomic E-state index is 12.1. The molecule has 2 aromatic rings. The van der Waals surface area contributed by atoms with Crippen LogP contribution in [-0.4, -0.2) is 34.6 Å². The molecule has 1 N–H and O–H groups in total. The van der Waals surface area contributed by atoms with Gasteiger partial charge in [0.1, 0.15) is 0 Å². The van der Waals surface area contributed by atoms with Crippen LogP contribution in [0.4, 0.5) is 0 Å². The molecule has 0 unspecified atom stereocenters. The van der Waals surface area contributed by atoms with Crippen LogP contribution in [0.3, 0.4) is 0 Å². The topological polar surface area (TPSA) is 73.2 Å². The van der Waals surface area contributed by atoms with Crippen molar-refractivity contribution in [1.82, 2.24) is 14.9 Å². The van der Waals surface area contributed by atoms with Gasteiger partial charge in [-0.05, 0) is 32.9 Å². The third-order valence-electron chi connectivity index (χ3n) is 3.19. The highest BCUT2D eigenvalue weighted by Crippen LogP contribution is 2.25. The second-order valence-corrected chi connectivity index (χ2v) is 5.53. The van der Waals surface area contributed by atoms with Gasteiger partial charge in [-0.3, -0.25) is 4.79 Å². The first kappa shape index (κ1) is 16.3.